The summed E-state index contributed by atoms with van der Waals surface area (Å²) in [6.45, 7) is 4.18. The van der Waals surface area contributed by atoms with Gasteiger partial charge in [-0.2, -0.15) is 0 Å². The second kappa shape index (κ2) is 14.7. The smallest absolute Gasteiger partial charge is 0.260 e. The zero-order valence-corrected chi connectivity index (χ0v) is 32.1. The maximum absolute atomic E-state index is 15.3. The lowest BCUT2D eigenvalue weighted by Crippen LogP contribution is -2.28. The van der Waals surface area contributed by atoms with Crippen LogP contribution >= 0.6 is 0 Å². The van der Waals surface area contributed by atoms with E-state index in [9.17, 15) is 4.79 Å². The number of hydrogen-bond acceptors (Lipinski definition) is 2. The molecule has 9 aromatic rings. The van der Waals surface area contributed by atoms with Gasteiger partial charge in [-0.05, 0) is 71.5 Å². The van der Waals surface area contributed by atoms with Gasteiger partial charge in [0.2, 0.25) is 0 Å². The predicted octanol–water partition coefficient (Wildman–Crippen LogP) is 13.2. The van der Waals surface area contributed by atoms with Crippen LogP contribution in [0.2, 0.25) is 0 Å². The average Bonchev–Trinajstić information content (AvgIpc) is 3.61. The summed E-state index contributed by atoms with van der Waals surface area (Å²) in [5.74, 6) is -0.285. The van der Waals surface area contributed by atoms with Crippen molar-refractivity contribution < 1.29 is 9.59 Å². The van der Waals surface area contributed by atoms with Gasteiger partial charge >= 0.3 is 0 Å². The topological polar surface area (TPSA) is 42.3 Å². The van der Waals surface area contributed by atoms with Gasteiger partial charge in [0.05, 0.1) is 22.3 Å². The molecule has 4 nitrogen and oxygen atoms in total. The monoisotopic (exact) mass is 736 g/mol. The molecule has 0 saturated carbocycles. The number of aryl methyl sites for hydroxylation is 2. The molecule has 0 fully saturated rings. The quantitative estimate of drug-likeness (QED) is 0.146. The summed E-state index contributed by atoms with van der Waals surface area (Å²) in [5, 5.41) is 2.12. The van der Waals surface area contributed by atoms with E-state index in [0.717, 1.165) is 78.3 Å². The van der Waals surface area contributed by atoms with Crippen molar-refractivity contribution in [2.24, 2.45) is 0 Å². The summed E-state index contributed by atoms with van der Waals surface area (Å²) in [6.07, 6.45) is 0.802. The molecule has 0 atom stereocenters. The van der Waals surface area contributed by atoms with Gasteiger partial charge in [-0.3, -0.25) is 9.59 Å². The number of aldehydes is 1. The Labute approximate surface area is 332 Å². The van der Waals surface area contributed by atoms with Crippen molar-refractivity contribution in [3.05, 3.63) is 204 Å². The number of amides is 1. The van der Waals surface area contributed by atoms with Crippen LogP contribution in [0.15, 0.2) is 182 Å². The van der Waals surface area contributed by atoms with E-state index < -0.39 is 0 Å². The molecule has 0 spiro atoms. The summed E-state index contributed by atoms with van der Waals surface area (Å²) >= 11 is 0. The first kappa shape index (κ1) is 35.4. The lowest BCUT2D eigenvalue weighted by Gasteiger charge is -2.23. The van der Waals surface area contributed by atoms with Crippen LogP contribution in [0, 0.1) is 13.8 Å². The number of fused-ring (bicyclic) bond motifs is 3. The molecule has 0 aliphatic rings. The number of carbonyl (C=O) groups is 2. The van der Waals surface area contributed by atoms with Crippen molar-refractivity contribution in [1.82, 2.24) is 4.57 Å². The Kier molecular flexibility index (Phi) is 9.16. The van der Waals surface area contributed by atoms with Crippen LogP contribution in [-0.2, 0) is 0 Å². The predicted molar refractivity (Wildman–Crippen MR) is 237 cm³/mol. The zero-order valence-electron chi connectivity index (χ0n) is 32.1. The van der Waals surface area contributed by atoms with Crippen LogP contribution in [-0.4, -0.2) is 23.8 Å². The molecule has 4 heteroatoms. The van der Waals surface area contributed by atoms with Gasteiger partial charge < -0.3 is 9.47 Å². The van der Waals surface area contributed by atoms with E-state index >= 15 is 4.79 Å². The summed E-state index contributed by atoms with van der Waals surface area (Å²) < 4.78 is 2.22. The molecular weight excluding hydrogens is 697 g/mol. The van der Waals surface area contributed by atoms with Crippen LogP contribution in [0.4, 0.5) is 5.69 Å². The van der Waals surface area contributed by atoms with Crippen molar-refractivity contribution in [1.29, 1.82) is 0 Å². The van der Waals surface area contributed by atoms with Crippen LogP contribution < -0.4 is 4.90 Å². The minimum atomic E-state index is -0.285. The number of nitrogens with zero attached hydrogens (tertiary/aromatic N) is 2. The minimum Gasteiger partial charge on any atom is -0.311 e. The van der Waals surface area contributed by atoms with E-state index in [0.29, 0.717) is 16.8 Å². The highest BCUT2D eigenvalue weighted by Gasteiger charge is 2.27. The van der Waals surface area contributed by atoms with E-state index in [2.05, 4.69) is 134 Å². The second-order valence-electron chi connectivity index (χ2n) is 14.7. The number of carbonyl (C=O) groups excluding carboxylic acids is 2. The minimum absolute atomic E-state index is 0.285. The Morgan fingerprint density at radius 1 is 0.491 bits per heavy atom. The van der Waals surface area contributed by atoms with Gasteiger partial charge in [0, 0.05) is 40.2 Å². The molecule has 0 aliphatic heterocycles. The number of hydrogen-bond donors (Lipinski definition) is 0. The first-order valence-electron chi connectivity index (χ1n) is 19.2. The fourth-order valence-electron chi connectivity index (χ4n) is 8.05. The van der Waals surface area contributed by atoms with E-state index in [1.54, 1.807) is 18.0 Å². The fourth-order valence-corrected chi connectivity index (χ4v) is 8.05. The standard InChI is InChI=1S/C53H40N2O2/c1-35-23-27-39(28-24-35)45-18-11-20-47-48-21-12-19-46(40-29-25-36(2)26-30-40)52(48)55(51(45)47)49-22-10-17-41(34-56)50(49)53(57)54(3)44-32-42(37-13-6-4-7-14-37)31-43(33-44)38-15-8-5-9-16-38/h4-34H,1-3H3. The van der Waals surface area contributed by atoms with Crippen molar-refractivity contribution in [3.63, 3.8) is 0 Å². The first-order chi connectivity index (χ1) is 27.9. The molecule has 0 radical (unpaired) electrons. The Morgan fingerprint density at radius 2 is 0.965 bits per heavy atom. The van der Waals surface area contributed by atoms with Crippen molar-refractivity contribution in [2.45, 2.75) is 13.8 Å². The fraction of sp³-hybridized carbons (Fsp3) is 0.0566. The highest BCUT2D eigenvalue weighted by Crippen LogP contribution is 2.43. The zero-order chi connectivity index (χ0) is 39.0. The van der Waals surface area contributed by atoms with Crippen molar-refractivity contribution in [3.8, 4) is 50.2 Å². The largest absolute Gasteiger partial charge is 0.311 e. The van der Waals surface area contributed by atoms with Crippen LogP contribution in [0.5, 0.6) is 0 Å². The Bertz CT molecular complexity index is 2780. The Hall–Kier alpha value is -7.30. The third kappa shape index (κ3) is 6.41. The molecule has 1 amide bonds. The molecule has 0 saturated heterocycles. The number of para-hydroxylation sites is 2. The number of benzene rings is 8. The number of anilines is 1. The third-order valence-corrected chi connectivity index (χ3v) is 11.0. The molecule has 0 bridgehead atoms. The summed E-state index contributed by atoms with van der Waals surface area (Å²) in [7, 11) is 1.80. The lowest BCUT2D eigenvalue weighted by molar-refractivity contribution is 0.0986. The van der Waals surface area contributed by atoms with E-state index in [4.69, 9.17) is 0 Å². The van der Waals surface area contributed by atoms with Crippen LogP contribution in [0.25, 0.3) is 72.0 Å². The lowest BCUT2D eigenvalue weighted by atomic mass is 9.97. The van der Waals surface area contributed by atoms with Crippen molar-refractivity contribution >= 4 is 39.7 Å². The highest BCUT2D eigenvalue weighted by atomic mass is 16.2. The van der Waals surface area contributed by atoms with Gasteiger partial charge in [0.25, 0.3) is 5.91 Å². The molecule has 1 heterocycles. The van der Waals surface area contributed by atoms with Gasteiger partial charge in [0.15, 0.2) is 6.29 Å². The van der Waals surface area contributed by atoms with E-state index in [-0.39, 0.29) is 5.91 Å². The molecule has 0 N–H and O–H groups in total. The SMILES string of the molecule is Cc1ccc(-c2cccc3c4cccc(-c5ccc(C)cc5)c4n(-c4cccc(C=O)c4C(=O)N(C)c4cc(-c5ccccc5)cc(-c5ccccc5)c4)c23)cc1. The molecule has 0 unspecified atom stereocenters. The third-order valence-electron chi connectivity index (χ3n) is 11.0. The summed E-state index contributed by atoms with van der Waals surface area (Å²) in [5.41, 5.74) is 14.6. The highest BCUT2D eigenvalue weighted by molar-refractivity contribution is 6.19. The van der Waals surface area contributed by atoms with Gasteiger partial charge in [-0.25, -0.2) is 0 Å². The molecule has 0 aliphatic carbocycles. The number of aromatic nitrogens is 1. The maximum atomic E-state index is 15.3. The summed E-state index contributed by atoms with van der Waals surface area (Å²) in [6, 6.07) is 62.2. The maximum Gasteiger partial charge on any atom is 0.260 e. The number of rotatable bonds is 8. The molecule has 57 heavy (non-hydrogen) atoms. The van der Waals surface area contributed by atoms with Gasteiger partial charge in [-0.15, -0.1) is 0 Å². The van der Waals surface area contributed by atoms with Crippen molar-refractivity contribution in [2.75, 3.05) is 11.9 Å². The molecule has 1 aromatic heterocycles. The second-order valence-corrected chi connectivity index (χ2v) is 14.7. The first-order valence-corrected chi connectivity index (χ1v) is 19.2. The molecule has 8 aromatic carbocycles. The average molecular weight is 737 g/mol. The Balaban J connectivity index is 1.32. The van der Waals surface area contributed by atoms with Gasteiger partial charge in [-0.1, -0.05) is 169 Å². The molecular formula is C53H40N2O2. The Morgan fingerprint density at radius 3 is 1.44 bits per heavy atom. The molecule has 274 valence electrons. The molecule has 9 rings (SSSR count). The summed E-state index contributed by atoms with van der Waals surface area (Å²) in [4.78, 5) is 30.1. The normalized spacial score (nSPS) is 11.2. The van der Waals surface area contributed by atoms with Crippen LogP contribution in [0.3, 0.4) is 0 Å². The van der Waals surface area contributed by atoms with E-state index in [1.807, 2.05) is 60.7 Å². The van der Waals surface area contributed by atoms with Crippen LogP contribution in [0.1, 0.15) is 31.8 Å². The van der Waals surface area contributed by atoms with E-state index in [1.165, 1.54) is 11.1 Å². The van der Waals surface area contributed by atoms with Gasteiger partial charge in [0.1, 0.15) is 0 Å².